The highest BCUT2D eigenvalue weighted by molar-refractivity contribution is 7.92. The average molecular weight is 450 g/mol. The van der Waals surface area contributed by atoms with E-state index in [4.69, 9.17) is 4.74 Å². The minimum atomic E-state index is -3.83. The Kier molecular flexibility index (Phi) is 8.38. The smallest absolute Gasteiger partial charge is 0.271 e. The molecule has 0 spiro atoms. The van der Waals surface area contributed by atoms with Gasteiger partial charge in [0.15, 0.2) is 0 Å². The van der Waals surface area contributed by atoms with E-state index in [1.54, 1.807) is 6.92 Å². The highest BCUT2D eigenvalue weighted by Gasteiger charge is 2.24. The molecular formula is C21H27N3O6S. The molecule has 2 aromatic rings. The van der Waals surface area contributed by atoms with Crippen molar-refractivity contribution in [3.05, 3.63) is 63.7 Å². The van der Waals surface area contributed by atoms with Gasteiger partial charge in [-0.1, -0.05) is 24.3 Å². The Balaban J connectivity index is 2.02. The average Bonchev–Trinajstić information content (AvgIpc) is 2.70. The first-order valence-electron chi connectivity index (χ1n) is 9.83. The number of rotatable bonds is 11. The van der Waals surface area contributed by atoms with Crippen LogP contribution in [-0.2, 0) is 21.2 Å². The number of carbonyl (C=O) groups is 1. The molecule has 0 saturated carbocycles. The predicted molar refractivity (Wildman–Crippen MR) is 119 cm³/mol. The third-order valence-corrected chi connectivity index (χ3v) is 5.70. The Bertz CT molecular complexity index is 1040. The van der Waals surface area contributed by atoms with E-state index in [9.17, 15) is 23.3 Å². The second-order valence-electron chi connectivity index (χ2n) is 6.99. The molecule has 0 heterocycles. The summed E-state index contributed by atoms with van der Waals surface area (Å²) in [6.45, 7) is 3.99. The molecule has 168 valence electrons. The zero-order valence-electron chi connectivity index (χ0n) is 17.8. The van der Waals surface area contributed by atoms with Gasteiger partial charge >= 0.3 is 0 Å². The highest BCUT2D eigenvalue weighted by atomic mass is 32.2. The zero-order chi connectivity index (χ0) is 23.0. The first-order chi connectivity index (χ1) is 14.6. The van der Waals surface area contributed by atoms with Crippen molar-refractivity contribution in [3.63, 3.8) is 0 Å². The Morgan fingerprint density at radius 3 is 2.58 bits per heavy atom. The molecule has 0 aliphatic rings. The molecule has 0 aliphatic heterocycles. The highest BCUT2D eigenvalue weighted by Crippen LogP contribution is 2.27. The number of non-ortho nitro benzene ring substituents is 1. The molecule has 2 aromatic carbocycles. The van der Waals surface area contributed by atoms with Gasteiger partial charge in [0.25, 0.3) is 5.69 Å². The number of aryl methyl sites for hydroxylation is 2. The molecule has 1 amide bonds. The van der Waals surface area contributed by atoms with Crippen LogP contribution < -0.4 is 14.4 Å². The number of amides is 1. The fraction of sp³-hybridized carbons (Fsp3) is 0.381. The summed E-state index contributed by atoms with van der Waals surface area (Å²) in [5.41, 5.74) is 1.40. The van der Waals surface area contributed by atoms with E-state index in [1.165, 1.54) is 12.1 Å². The fourth-order valence-corrected chi connectivity index (χ4v) is 3.97. The molecule has 0 radical (unpaired) electrons. The Morgan fingerprint density at radius 1 is 1.23 bits per heavy atom. The van der Waals surface area contributed by atoms with Crippen LogP contribution >= 0.6 is 0 Å². The number of nitrogens with one attached hydrogen (secondary N) is 1. The number of sulfonamides is 1. The number of benzene rings is 2. The maximum Gasteiger partial charge on any atom is 0.271 e. The van der Waals surface area contributed by atoms with Gasteiger partial charge in [-0.25, -0.2) is 8.42 Å². The molecule has 0 saturated heterocycles. The van der Waals surface area contributed by atoms with E-state index in [2.05, 4.69) is 5.32 Å². The van der Waals surface area contributed by atoms with E-state index >= 15 is 0 Å². The van der Waals surface area contributed by atoms with Gasteiger partial charge in [0.05, 0.1) is 23.5 Å². The van der Waals surface area contributed by atoms with Crippen molar-refractivity contribution in [2.45, 2.75) is 26.7 Å². The van der Waals surface area contributed by atoms with Crippen molar-refractivity contribution in [1.82, 2.24) is 5.32 Å². The van der Waals surface area contributed by atoms with E-state index in [1.807, 2.05) is 31.2 Å². The lowest BCUT2D eigenvalue weighted by molar-refractivity contribution is -0.384. The van der Waals surface area contributed by atoms with Crippen LogP contribution in [0.4, 0.5) is 11.4 Å². The van der Waals surface area contributed by atoms with Crippen LogP contribution in [-0.4, -0.2) is 45.2 Å². The van der Waals surface area contributed by atoms with Crippen molar-refractivity contribution < 1.29 is 22.9 Å². The van der Waals surface area contributed by atoms with Gasteiger partial charge < -0.3 is 10.1 Å². The zero-order valence-corrected chi connectivity index (χ0v) is 18.6. The maximum atomic E-state index is 12.4. The van der Waals surface area contributed by atoms with Gasteiger partial charge in [-0.2, -0.15) is 0 Å². The van der Waals surface area contributed by atoms with E-state index in [0.717, 1.165) is 27.9 Å². The van der Waals surface area contributed by atoms with Crippen LogP contribution in [0.3, 0.4) is 0 Å². The summed E-state index contributed by atoms with van der Waals surface area (Å²) in [5.74, 6) is 0.315. The summed E-state index contributed by atoms with van der Waals surface area (Å²) in [7, 11) is -3.83. The standard InChI is InChI=1S/C21H27N3O6S/c1-4-30-20-10-6-5-8-17(20)9-7-13-22-21(25)15-23(31(3,28)29)19-14-18(24(26)27)12-11-16(19)2/h5-6,8,10-12,14H,4,7,9,13,15H2,1-3H3,(H,22,25). The molecule has 10 heteroatoms. The fourth-order valence-electron chi connectivity index (χ4n) is 3.06. The van der Waals surface area contributed by atoms with Crippen LogP contribution in [0, 0.1) is 17.0 Å². The molecular weight excluding hydrogens is 422 g/mol. The third-order valence-electron chi connectivity index (χ3n) is 4.58. The summed E-state index contributed by atoms with van der Waals surface area (Å²) in [6.07, 6.45) is 2.30. The molecule has 2 rings (SSSR count). The second-order valence-corrected chi connectivity index (χ2v) is 8.90. The summed E-state index contributed by atoms with van der Waals surface area (Å²) in [5, 5.41) is 13.8. The summed E-state index contributed by atoms with van der Waals surface area (Å²) in [6, 6.07) is 11.6. The first kappa shape index (κ1) is 24.1. The molecule has 0 bridgehead atoms. The van der Waals surface area contributed by atoms with E-state index in [0.29, 0.717) is 31.6 Å². The SMILES string of the molecule is CCOc1ccccc1CCCNC(=O)CN(c1cc([N+](=O)[O-])ccc1C)S(C)(=O)=O. The first-order valence-corrected chi connectivity index (χ1v) is 11.7. The monoisotopic (exact) mass is 449 g/mol. The van der Waals surface area contributed by atoms with Crippen molar-refractivity contribution >= 4 is 27.3 Å². The Hall–Kier alpha value is -3.14. The van der Waals surface area contributed by atoms with Crippen LogP contribution in [0.15, 0.2) is 42.5 Å². The Labute approximate surface area is 182 Å². The van der Waals surface area contributed by atoms with Gasteiger partial charge in [0, 0.05) is 18.7 Å². The van der Waals surface area contributed by atoms with Gasteiger partial charge in [0.2, 0.25) is 15.9 Å². The second kappa shape index (κ2) is 10.8. The minimum absolute atomic E-state index is 0.109. The number of hydrogen-bond acceptors (Lipinski definition) is 6. The normalized spacial score (nSPS) is 11.1. The number of nitro groups is 1. The van der Waals surface area contributed by atoms with Crippen LogP contribution in [0.25, 0.3) is 0 Å². The predicted octanol–water partition coefficient (Wildman–Crippen LogP) is 2.82. The molecule has 0 aromatic heterocycles. The number of hydrogen-bond donors (Lipinski definition) is 1. The van der Waals surface area contributed by atoms with Crippen molar-refractivity contribution in [2.75, 3.05) is 30.3 Å². The molecule has 0 unspecified atom stereocenters. The lowest BCUT2D eigenvalue weighted by atomic mass is 10.1. The molecule has 0 fully saturated rings. The van der Waals surface area contributed by atoms with Crippen molar-refractivity contribution in [1.29, 1.82) is 0 Å². The van der Waals surface area contributed by atoms with Gasteiger partial charge in [-0.15, -0.1) is 0 Å². The van der Waals surface area contributed by atoms with Crippen LogP contribution in [0.1, 0.15) is 24.5 Å². The number of anilines is 1. The van der Waals surface area contributed by atoms with Crippen molar-refractivity contribution in [2.24, 2.45) is 0 Å². The van der Waals surface area contributed by atoms with Crippen LogP contribution in [0.2, 0.25) is 0 Å². The number of nitrogens with zero attached hydrogens (tertiary/aromatic N) is 2. The molecule has 0 aliphatic carbocycles. The molecule has 31 heavy (non-hydrogen) atoms. The van der Waals surface area contributed by atoms with E-state index in [-0.39, 0.29) is 11.4 Å². The lowest BCUT2D eigenvalue weighted by Crippen LogP contribution is -2.41. The largest absolute Gasteiger partial charge is 0.494 e. The van der Waals surface area contributed by atoms with Crippen molar-refractivity contribution in [3.8, 4) is 5.75 Å². The number of para-hydroxylation sites is 1. The topological polar surface area (TPSA) is 119 Å². The maximum absolute atomic E-state index is 12.4. The van der Waals surface area contributed by atoms with Crippen LogP contribution in [0.5, 0.6) is 5.75 Å². The molecule has 0 atom stereocenters. The van der Waals surface area contributed by atoms with Gasteiger partial charge in [-0.3, -0.25) is 19.2 Å². The minimum Gasteiger partial charge on any atom is -0.494 e. The van der Waals surface area contributed by atoms with Gasteiger partial charge in [-0.05, 0) is 43.9 Å². The third kappa shape index (κ3) is 6.95. The summed E-state index contributed by atoms with van der Waals surface area (Å²) in [4.78, 5) is 22.9. The molecule has 1 N–H and O–H groups in total. The van der Waals surface area contributed by atoms with Gasteiger partial charge in [0.1, 0.15) is 12.3 Å². The Morgan fingerprint density at radius 2 is 1.94 bits per heavy atom. The number of ether oxygens (including phenoxy) is 1. The summed E-state index contributed by atoms with van der Waals surface area (Å²) < 4.78 is 31.0. The molecule has 9 nitrogen and oxygen atoms in total. The number of carbonyl (C=O) groups excluding carboxylic acids is 1. The van der Waals surface area contributed by atoms with E-state index < -0.39 is 27.4 Å². The lowest BCUT2D eigenvalue weighted by Gasteiger charge is -2.23. The number of nitro benzene ring substituents is 1. The summed E-state index contributed by atoms with van der Waals surface area (Å²) >= 11 is 0. The quantitative estimate of drug-likeness (QED) is 0.320.